The molecule has 1 aromatic carbocycles. The van der Waals surface area contributed by atoms with Gasteiger partial charge in [0, 0.05) is 22.5 Å². The van der Waals surface area contributed by atoms with Crippen LogP contribution in [0.4, 0.5) is 4.39 Å². The fourth-order valence-corrected chi connectivity index (χ4v) is 2.97. The predicted molar refractivity (Wildman–Crippen MR) is 89.4 cm³/mol. The molecule has 3 aromatic rings. The van der Waals surface area contributed by atoms with E-state index in [-0.39, 0.29) is 25.1 Å². The van der Waals surface area contributed by atoms with Crippen LogP contribution in [0, 0.1) is 5.82 Å². The molecule has 22 heavy (non-hydrogen) atoms. The van der Waals surface area contributed by atoms with Gasteiger partial charge in [0.15, 0.2) is 5.01 Å². The van der Waals surface area contributed by atoms with E-state index in [2.05, 4.69) is 9.97 Å². The van der Waals surface area contributed by atoms with E-state index in [0.29, 0.717) is 33.6 Å². The van der Waals surface area contributed by atoms with Gasteiger partial charge in [0.05, 0.1) is 17.4 Å². The maximum absolute atomic E-state index is 13.2. The Morgan fingerprint density at radius 3 is 3.00 bits per heavy atom. The van der Waals surface area contributed by atoms with Crippen LogP contribution in [0.1, 0.15) is 40.5 Å². The highest BCUT2D eigenvalue weighted by Gasteiger charge is 2.19. The summed E-state index contributed by atoms with van der Waals surface area (Å²) in [4.78, 5) is 19.6. The first-order valence-electron chi connectivity index (χ1n) is 6.55. The number of carbonyl (C=O) groups is 1. The zero-order chi connectivity index (χ0) is 15.0. The molecule has 0 fully saturated rings. The maximum atomic E-state index is 13.2. The van der Waals surface area contributed by atoms with Crippen molar-refractivity contribution in [2.24, 2.45) is 0 Å². The molecular formula is C15H15FN2O2S2. The Morgan fingerprint density at radius 1 is 1.50 bits per heavy atom. The Morgan fingerprint density at radius 2 is 2.27 bits per heavy atom. The van der Waals surface area contributed by atoms with Crippen LogP contribution >= 0.6 is 24.8 Å². The number of halogens is 1. The van der Waals surface area contributed by atoms with E-state index in [9.17, 15) is 14.3 Å². The lowest BCUT2D eigenvalue weighted by Crippen LogP contribution is -2.02. The van der Waals surface area contributed by atoms with Crippen LogP contribution in [0.5, 0.6) is 0 Å². The number of hydrogen-bond donors (Lipinski definition) is 2. The number of carbonyl (C=O) groups excluding carboxylic acids is 1. The van der Waals surface area contributed by atoms with Crippen molar-refractivity contribution in [1.82, 2.24) is 9.97 Å². The second-order valence-electron chi connectivity index (χ2n) is 4.72. The number of aromatic amines is 1. The molecule has 0 aliphatic carbocycles. The molecule has 7 heteroatoms. The summed E-state index contributed by atoms with van der Waals surface area (Å²) in [7, 11) is 0. The predicted octanol–water partition coefficient (Wildman–Crippen LogP) is 3.55. The number of ketones is 1. The monoisotopic (exact) mass is 338 g/mol. The lowest BCUT2D eigenvalue weighted by atomic mass is 10.1. The molecule has 0 spiro atoms. The van der Waals surface area contributed by atoms with Crippen molar-refractivity contribution in [3.63, 3.8) is 0 Å². The Labute approximate surface area is 137 Å². The first-order chi connectivity index (χ1) is 10.1. The number of fused-ring (bicyclic) bond motifs is 1. The van der Waals surface area contributed by atoms with Crippen molar-refractivity contribution in [3.05, 3.63) is 51.9 Å². The van der Waals surface area contributed by atoms with Crippen molar-refractivity contribution in [2.45, 2.75) is 19.4 Å². The van der Waals surface area contributed by atoms with Crippen molar-refractivity contribution in [2.75, 3.05) is 0 Å². The molecule has 0 aliphatic heterocycles. The third-order valence-electron chi connectivity index (χ3n) is 3.33. The number of H-pyrrole nitrogens is 1. The fourth-order valence-electron chi connectivity index (χ4n) is 2.15. The van der Waals surface area contributed by atoms with Gasteiger partial charge in [0.1, 0.15) is 5.82 Å². The Bertz CT molecular complexity index is 813. The zero-order valence-corrected chi connectivity index (χ0v) is 13.6. The molecule has 1 atom stereocenters. The maximum Gasteiger partial charge on any atom is 0.223 e. The number of thiazole rings is 1. The van der Waals surface area contributed by atoms with Gasteiger partial charge < -0.3 is 10.1 Å². The molecule has 0 radical (unpaired) electrons. The van der Waals surface area contributed by atoms with E-state index in [0.717, 1.165) is 0 Å². The SMILES string of the molecule is CC[C@H](O)c1csc(C(=O)c2c[nH]c3cc(F)ccc23)n1.S. The molecule has 2 N–H and O–H groups in total. The van der Waals surface area contributed by atoms with E-state index < -0.39 is 6.10 Å². The molecule has 4 nitrogen and oxygen atoms in total. The van der Waals surface area contributed by atoms with Crippen molar-refractivity contribution >= 4 is 41.5 Å². The molecule has 3 rings (SSSR count). The molecule has 2 heterocycles. The Kier molecular flexibility index (Phi) is 5.00. The van der Waals surface area contributed by atoms with E-state index in [1.807, 2.05) is 6.92 Å². The number of nitrogens with one attached hydrogen (secondary N) is 1. The summed E-state index contributed by atoms with van der Waals surface area (Å²) in [6.45, 7) is 1.85. The Balaban J connectivity index is 0.00000176. The summed E-state index contributed by atoms with van der Waals surface area (Å²) in [6, 6.07) is 4.24. The van der Waals surface area contributed by atoms with Crippen LogP contribution in [-0.4, -0.2) is 20.9 Å². The minimum atomic E-state index is -0.653. The van der Waals surface area contributed by atoms with Crippen molar-refractivity contribution in [1.29, 1.82) is 0 Å². The number of benzene rings is 1. The quantitative estimate of drug-likeness (QED) is 0.715. The minimum Gasteiger partial charge on any atom is -0.387 e. The summed E-state index contributed by atoms with van der Waals surface area (Å²) < 4.78 is 13.2. The highest BCUT2D eigenvalue weighted by atomic mass is 32.1. The van der Waals surface area contributed by atoms with Crippen LogP contribution < -0.4 is 0 Å². The van der Waals surface area contributed by atoms with Crippen molar-refractivity contribution < 1.29 is 14.3 Å². The van der Waals surface area contributed by atoms with E-state index in [1.165, 1.54) is 23.5 Å². The molecule has 0 bridgehead atoms. The number of hydrogen-bond acceptors (Lipinski definition) is 4. The third-order valence-corrected chi connectivity index (χ3v) is 4.19. The van der Waals surface area contributed by atoms with Gasteiger partial charge in [-0.25, -0.2) is 9.37 Å². The fraction of sp³-hybridized carbons (Fsp3) is 0.200. The number of aromatic nitrogens is 2. The van der Waals surface area contributed by atoms with Gasteiger partial charge in [-0.15, -0.1) is 11.3 Å². The van der Waals surface area contributed by atoms with Gasteiger partial charge in [-0.1, -0.05) is 6.92 Å². The largest absolute Gasteiger partial charge is 0.387 e. The van der Waals surface area contributed by atoms with Gasteiger partial charge in [-0.2, -0.15) is 13.5 Å². The molecule has 0 unspecified atom stereocenters. The van der Waals surface area contributed by atoms with Gasteiger partial charge in [-0.3, -0.25) is 4.79 Å². The summed E-state index contributed by atoms with van der Waals surface area (Å²) in [5.74, 6) is -0.585. The van der Waals surface area contributed by atoms with E-state index in [1.54, 1.807) is 17.6 Å². The average Bonchev–Trinajstić information content (AvgIpc) is 3.12. The molecule has 0 aliphatic rings. The number of rotatable bonds is 4. The van der Waals surface area contributed by atoms with Gasteiger partial charge in [0.2, 0.25) is 5.78 Å². The molecule has 0 saturated carbocycles. The molecule has 0 amide bonds. The van der Waals surface area contributed by atoms with Crippen LogP contribution in [0.2, 0.25) is 0 Å². The lowest BCUT2D eigenvalue weighted by Gasteiger charge is -2.01. The van der Waals surface area contributed by atoms with Gasteiger partial charge in [-0.05, 0) is 24.6 Å². The molecule has 2 aromatic heterocycles. The van der Waals surface area contributed by atoms with Crippen molar-refractivity contribution in [3.8, 4) is 0 Å². The number of aliphatic hydroxyl groups is 1. The average molecular weight is 338 g/mol. The molecule has 0 saturated heterocycles. The second kappa shape index (κ2) is 6.60. The van der Waals surface area contributed by atoms with Gasteiger partial charge >= 0.3 is 0 Å². The first-order valence-corrected chi connectivity index (χ1v) is 7.43. The summed E-state index contributed by atoms with van der Waals surface area (Å²) in [5, 5.41) is 12.4. The van der Waals surface area contributed by atoms with Gasteiger partial charge in [0.25, 0.3) is 0 Å². The summed E-state index contributed by atoms with van der Waals surface area (Å²) >= 11 is 1.20. The number of aliphatic hydroxyl groups excluding tert-OH is 1. The number of nitrogens with zero attached hydrogens (tertiary/aromatic N) is 1. The molecule has 116 valence electrons. The first kappa shape index (κ1) is 16.7. The normalized spacial score (nSPS) is 12.1. The summed E-state index contributed by atoms with van der Waals surface area (Å²) in [6.07, 6.45) is 1.45. The minimum absolute atomic E-state index is 0. The lowest BCUT2D eigenvalue weighted by molar-refractivity contribution is 0.103. The molecular weight excluding hydrogens is 323 g/mol. The van der Waals surface area contributed by atoms with E-state index >= 15 is 0 Å². The van der Waals surface area contributed by atoms with Crippen LogP contribution in [0.15, 0.2) is 29.8 Å². The standard InChI is InChI=1S/C15H13FN2O2S.H2S/c1-2-13(19)12-7-21-15(18-12)14(20)10-6-17-11-5-8(16)3-4-9(10)11;/h3-7,13,17,19H,2H2,1H3;1H2/t13-;/m0./s1. The summed E-state index contributed by atoms with van der Waals surface area (Å²) in [5.41, 5.74) is 1.54. The smallest absolute Gasteiger partial charge is 0.223 e. The highest BCUT2D eigenvalue weighted by Crippen LogP contribution is 2.25. The zero-order valence-electron chi connectivity index (χ0n) is 11.8. The highest BCUT2D eigenvalue weighted by molar-refractivity contribution is 7.59. The van der Waals surface area contributed by atoms with Crippen LogP contribution in [0.25, 0.3) is 10.9 Å². The van der Waals surface area contributed by atoms with Crippen LogP contribution in [0.3, 0.4) is 0 Å². The second-order valence-corrected chi connectivity index (χ2v) is 5.58. The van der Waals surface area contributed by atoms with E-state index in [4.69, 9.17) is 0 Å². The van der Waals surface area contributed by atoms with Crippen LogP contribution in [-0.2, 0) is 0 Å². The third kappa shape index (κ3) is 2.92. The topological polar surface area (TPSA) is 66.0 Å². The Hall–Kier alpha value is -1.70.